The molecule has 1 aliphatic rings. The molecule has 4 heterocycles. The minimum atomic E-state index is -0.493. The fourth-order valence-corrected chi connectivity index (χ4v) is 5.58. The highest BCUT2D eigenvalue weighted by molar-refractivity contribution is 5.83. The van der Waals surface area contributed by atoms with Crippen molar-refractivity contribution < 1.29 is 19.5 Å². The van der Waals surface area contributed by atoms with Gasteiger partial charge in [0.2, 0.25) is 0 Å². The third-order valence-corrected chi connectivity index (χ3v) is 8.20. The number of nitrogens with one attached hydrogen (secondary N) is 2. The number of aryl methyl sites for hydroxylation is 3. The Morgan fingerprint density at radius 1 is 1.09 bits per heavy atom. The average molecular weight is 611 g/mol. The maximum Gasteiger partial charge on any atom is 0.333 e. The molecule has 45 heavy (non-hydrogen) atoms. The van der Waals surface area contributed by atoms with Crippen molar-refractivity contribution in [2.45, 2.75) is 58.4 Å². The first kappa shape index (κ1) is 31.8. The number of ketones is 1. The molecule has 0 bridgehead atoms. The van der Waals surface area contributed by atoms with Gasteiger partial charge in [-0.25, -0.2) is 4.98 Å². The van der Waals surface area contributed by atoms with Crippen LogP contribution in [0.5, 0.6) is 5.75 Å². The number of rotatable bonds is 16. The van der Waals surface area contributed by atoms with Crippen molar-refractivity contribution in [2.75, 3.05) is 43.4 Å². The lowest BCUT2D eigenvalue weighted by molar-refractivity contribution is -0.885. The number of Topliss-reactive ketones (excluding diaryl/α,β-unsaturated/α-hetero) is 1. The number of anilines is 2. The van der Waals surface area contributed by atoms with Crippen LogP contribution in [0.2, 0.25) is 0 Å². The first-order valence-electron chi connectivity index (χ1n) is 15.9. The Balaban J connectivity index is 1.20. The molecule has 4 aromatic rings. The summed E-state index contributed by atoms with van der Waals surface area (Å²) in [4.78, 5) is 28.6. The number of hydrogen-bond acceptors (Lipinski definition) is 9. The molecule has 1 atom stereocenters. The fourth-order valence-electron chi connectivity index (χ4n) is 5.58. The van der Waals surface area contributed by atoms with Gasteiger partial charge in [-0.1, -0.05) is 36.4 Å². The zero-order valence-electron chi connectivity index (χ0n) is 26.3. The van der Waals surface area contributed by atoms with E-state index in [1.165, 1.54) is 11.8 Å². The first-order chi connectivity index (χ1) is 22.0. The molecular formula is C35H44N7O3+. The smallest absolute Gasteiger partial charge is 0.333 e. The summed E-state index contributed by atoms with van der Waals surface area (Å²) < 4.78 is 7.13. The van der Waals surface area contributed by atoms with Gasteiger partial charge < -0.3 is 15.3 Å². The summed E-state index contributed by atoms with van der Waals surface area (Å²) >= 11 is 0. The van der Waals surface area contributed by atoms with Crippen molar-refractivity contribution in [1.82, 2.24) is 19.9 Å². The Morgan fingerprint density at radius 3 is 2.78 bits per heavy atom. The van der Waals surface area contributed by atoms with Crippen molar-refractivity contribution in [3.63, 3.8) is 0 Å². The molecule has 0 radical (unpaired) electrons. The second kappa shape index (κ2) is 15.9. The van der Waals surface area contributed by atoms with E-state index in [4.69, 9.17) is 9.72 Å². The molecule has 1 aliphatic heterocycles. The maximum atomic E-state index is 12.7. The molecule has 0 amide bonds. The Morgan fingerprint density at radius 2 is 1.96 bits per heavy atom. The summed E-state index contributed by atoms with van der Waals surface area (Å²) in [5, 5.41) is 17.6. The fraction of sp³-hybridized carbons (Fsp3) is 0.400. The van der Waals surface area contributed by atoms with Gasteiger partial charge >= 0.3 is 5.82 Å². The lowest BCUT2D eigenvalue weighted by atomic mass is 10.1. The lowest BCUT2D eigenvalue weighted by Gasteiger charge is -2.24. The van der Waals surface area contributed by atoms with E-state index in [1.54, 1.807) is 19.3 Å². The Hall–Kier alpha value is -4.57. The third-order valence-electron chi connectivity index (χ3n) is 8.20. The van der Waals surface area contributed by atoms with Gasteiger partial charge in [-0.2, -0.15) is 0 Å². The first-order valence-corrected chi connectivity index (χ1v) is 15.9. The van der Waals surface area contributed by atoms with Crippen LogP contribution in [0.15, 0.2) is 73.2 Å². The highest BCUT2D eigenvalue weighted by Crippen LogP contribution is 2.21. The molecule has 0 spiro atoms. The molecule has 1 aromatic carbocycles. The summed E-state index contributed by atoms with van der Waals surface area (Å²) in [6.45, 7) is 7.29. The van der Waals surface area contributed by atoms with Crippen molar-refractivity contribution in [3.05, 3.63) is 90.1 Å². The largest absolute Gasteiger partial charge is 0.490 e. The molecule has 0 unspecified atom stereocenters. The van der Waals surface area contributed by atoms with Crippen LogP contribution >= 0.6 is 0 Å². The van der Waals surface area contributed by atoms with E-state index in [0.29, 0.717) is 37.6 Å². The summed E-state index contributed by atoms with van der Waals surface area (Å²) in [6, 6.07) is 17.2. The zero-order valence-corrected chi connectivity index (χ0v) is 26.3. The van der Waals surface area contributed by atoms with E-state index in [-0.39, 0.29) is 5.78 Å². The SMILES string of the molecule is CC(=O)[C@H](CCN(CCCCc1ccc2c(n1)NCCC2)CCOc1cccnc1C)Nc1cncc(-c2ccccc2)[n+]1O. The lowest BCUT2D eigenvalue weighted by Crippen LogP contribution is -2.42. The second-order valence-corrected chi connectivity index (χ2v) is 11.5. The number of unbranched alkanes of at least 4 members (excludes halogenated alkanes) is 1. The van der Waals surface area contributed by atoms with Crippen molar-refractivity contribution in [1.29, 1.82) is 0 Å². The molecule has 236 valence electrons. The third kappa shape index (κ3) is 8.98. The number of hydrogen-bond donors (Lipinski definition) is 3. The maximum absolute atomic E-state index is 12.7. The molecule has 3 N–H and O–H groups in total. The van der Waals surface area contributed by atoms with Gasteiger partial charge in [0.25, 0.3) is 0 Å². The Labute approximate surface area is 265 Å². The van der Waals surface area contributed by atoms with Crippen LogP contribution < -0.4 is 20.1 Å². The number of nitrogens with zero attached hydrogens (tertiary/aromatic N) is 5. The van der Waals surface area contributed by atoms with Gasteiger partial charge in [0.05, 0.1) is 11.9 Å². The van der Waals surface area contributed by atoms with Crippen molar-refractivity contribution in [3.8, 4) is 17.0 Å². The number of aromatic nitrogens is 4. The van der Waals surface area contributed by atoms with E-state index >= 15 is 0 Å². The number of ether oxygens (including phenoxy) is 1. The minimum absolute atomic E-state index is 0.00519. The standard InChI is InChI=1S/C35H43N7O3/c1-26-33(14-9-18-37-26)45-23-22-41(20-7-6-13-30-16-15-29-12-8-19-38-35(29)39-30)21-17-31(27(2)43)40-34-25-36-24-32(42(34)44)28-10-4-3-5-11-28/h3-5,9-11,14-16,18,24-25,31,44H,6-8,12-13,17,19-23H2,1-2H3,(H,38,39)/p+1/t31-/m0/s1. The molecule has 3 aromatic heterocycles. The van der Waals surface area contributed by atoms with Gasteiger partial charge in [0.15, 0.2) is 17.5 Å². The summed E-state index contributed by atoms with van der Waals surface area (Å²) in [5.74, 6) is 2.19. The van der Waals surface area contributed by atoms with Gasteiger partial charge in [-0.05, 0) is 81.0 Å². The molecule has 10 nitrogen and oxygen atoms in total. The van der Waals surface area contributed by atoms with Crippen molar-refractivity contribution in [2.24, 2.45) is 0 Å². The summed E-state index contributed by atoms with van der Waals surface area (Å²) in [6.07, 6.45) is 10.6. The average Bonchev–Trinajstić information content (AvgIpc) is 3.06. The molecule has 0 saturated carbocycles. The van der Waals surface area contributed by atoms with Crippen molar-refractivity contribution >= 4 is 17.4 Å². The Kier molecular flexibility index (Phi) is 11.3. The number of benzene rings is 1. The number of carbonyl (C=O) groups excluding carboxylic acids is 1. The highest BCUT2D eigenvalue weighted by Gasteiger charge is 2.25. The number of fused-ring (bicyclic) bond motifs is 1. The quantitative estimate of drug-likeness (QED) is 0.0926. The molecule has 0 fully saturated rings. The topological polar surface area (TPSA) is 116 Å². The van der Waals surface area contributed by atoms with Crippen LogP contribution in [-0.4, -0.2) is 69.7 Å². The van der Waals surface area contributed by atoms with Gasteiger partial charge in [-0.3, -0.25) is 25.0 Å². The molecular weight excluding hydrogens is 566 g/mol. The van der Waals surface area contributed by atoms with E-state index in [9.17, 15) is 10.0 Å². The monoisotopic (exact) mass is 610 g/mol. The van der Waals surface area contributed by atoms with Gasteiger partial charge in [-0.15, -0.1) is 0 Å². The molecule has 0 aliphatic carbocycles. The van der Waals surface area contributed by atoms with Gasteiger partial charge in [0.1, 0.15) is 24.4 Å². The predicted octanol–water partition coefficient (Wildman–Crippen LogP) is 4.89. The van der Waals surface area contributed by atoms with E-state index in [1.807, 2.05) is 49.4 Å². The second-order valence-electron chi connectivity index (χ2n) is 11.5. The predicted molar refractivity (Wildman–Crippen MR) is 175 cm³/mol. The molecule has 5 rings (SSSR count). The normalized spacial score (nSPS) is 13.1. The van der Waals surface area contributed by atoms with Crippen LogP contribution in [-0.2, 0) is 17.6 Å². The zero-order chi connectivity index (χ0) is 31.4. The minimum Gasteiger partial charge on any atom is -0.490 e. The van der Waals surface area contributed by atoms with Crippen LogP contribution in [0.3, 0.4) is 0 Å². The highest BCUT2D eigenvalue weighted by atomic mass is 16.5. The number of carbonyl (C=O) groups is 1. The van der Waals surface area contributed by atoms with Crippen LogP contribution in [0, 0.1) is 6.92 Å². The Bertz CT molecular complexity index is 1550. The van der Waals surface area contributed by atoms with Gasteiger partial charge in [0, 0.05) is 43.5 Å². The van der Waals surface area contributed by atoms with Crippen LogP contribution in [0.4, 0.5) is 11.6 Å². The van der Waals surface area contributed by atoms with E-state index in [0.717, 1.165) is 78.4 Å². The van der Waals surface area contributed by atoms with E-state index < -0.39 is 6.04 Å². The molecule has 10 heteroatoms. The van der Waals surface area contributed by atoms with Crippen LogP contribution in [0.25, 0.3) is 11.3 Å². The number of pyridine rings is 2. The summed E-state index contributed by atoms with van der Waals surface area (Å²) in [7, 11) is 0. The van der Waals surface area contributed by atoms with E-state index in [2.05, 4.69) is 37.6 Å². The molecule has 0 saturated heterocycles. The summed E-state index contributed by atoms with van der Waals surface area (Å²) in [5.41, 5.74) is 4.65. The van der Waals surface area contributed by atoms with Crippen LogP contribution in [0.1, 0.15) is 49.6 Å².